The molecule has 1 amide bonds. The summed E-state index contributed by atoms with van der Waals surface area (Å²) in [6.45, 7) is 10.7. The SMILES string of the molecule is Cc1ccc(NS(=O)(=O)c2c(C)c(C)cc3c(C)c(C(=O)N4CCCC4)oc23)c(C)c1. The number of rotatable bonds is 4. The molecular formula is C24H28N2O4S. The second-order valence-corrected chi connectivity index (χ2v) is 10.1. The first-order chi connectivity index (χ1) is 14.6. The van der Waals surface area contributed by atoms with E-state index in [2.05, 4.69) is 4.72 Å². The minimum absolute atomic E-state index is 0.0889. The number of fused-ring (bicyclic) bond motifs is 1. The van der Waals surface area contributed by atoms with Crippen molar-refractivity contribution in [1.82, 2.24) is 4.90 Å². The maximum atomic E-state index is 13.5. The van der Waals surface area contributed by atoms with Gasteiger partial charge in [0.15, 0.2) is 11.3 Å². The third kappa shape index (κ3) is 3.71. The van der Waals surface area contributed by atoms with Crippen LogP contribution in [0.25, 0.3) is 11.0 Å². The van der Waals surface area contributed by atoms with Gasteiger partial charge in [-0.1, -0.05) is 17.7 Å². The van der Waals surface area contributed by atoms with Gasteiger partial charge < -0.3 is 9.32 Å². The van der Waals surface area contributed by atoms with E-state index in [9.17, 15) is 13.2 Å². The first kappa shape index (κ1) is 21.4. The van der Waals surface area contributed by atoms with Crippen LogP contribution >= 0.6 is 0 Å². The molecule has 1 fully saturated rings. The summed E-state index contributed by atoms with van der Waals surface area (Å²) in [6.07, 6.45) is 1.95. The van der Waals surface area contributed by atoms with Crippen LogP contribution in [0, 0.1) is 34.6 Å². The number of likely N-dealkylation sites (tertiary alicyclic amines) is 1. The molecule has 0 saturated carbocycles. The third-order valence-electron chi connectivity index (χ3n) is 6.17. The quantitative estimate of drug-likeness (QED) is 0.618. The van der Waals surface area contributed by atoms with Gasteiger partial charge in [-0.2, -0.15) is 0 Å². The van der Waals surface area contributed by atoms with E-state index in [1.54, 1.807) is 17.9 Å². The summed E-state index contributed by atoms with van der Waals surface area (Å²) in [6, 6.07) is 7.47. The fourth-order valence-electron chi connectivity index (χ4n) is 4.26. The summed E-state index contributed by atoms with van der Waals surface area (Å²) in [5.41, 5.74) is 4.78. The summed E-state index contributed by atoms with van der Waals surface area (Å²) in [4.78, 5) is 14.9. The number of carbonyl (C=O) groups is 1. The summed E-state index contributed by atoms with van der Waals surface area (Å²) >= 11 is 0. The molecule has 4 rings (SSSR count). The van der Waals surface area contributed by atoms with Crippen molar-refractivity contribution in [3.8, 4) is 0 Å². The normalized spacial score (nSPS) is 14.4. The van der Waals surface area contributed by atoms with Crippen molar-refractivity contribution < 1.29 is 17.6 Å². The Bertz CT molecular complexity index is 1300. The molecular weight excluding hydrogens is 412 g/mol. The number of nitrogens with one attached hydrogen (secondary N) is 1. The van der Waals surface area contributed by atoms with E-state index in [4.69, 9.17) is 4.42 Å². The first-order valence-corrected chi connectivity index (χ1v) is 12.0. The lowest BCUT2D eigenvalue weighted by Crippen LogP contribution is -2.27. The van der Waals surface area contributed by atoms with Gasteiger partial charge in [0.1, 0.15) is 4.90 Å². The first-order valence-electron chi connectivity index (χ1n) is 10.5. The Morgan fingerprint density at radius 2 is 1.65 bits per heavy atom. The van der Waals surface area contributed by atoms with E-state index in [1.165, 1.54) is 0 Å². The molecule has 3 aromatic rings. The van der Waals surface area contributed by atoms with Gasteiger partial charge in [-0.25, -0.2) is 8.42 Å². The Labute approximate surface area is 183 Å². The number of furan rings is 1. The average Bonchev–Trinajstić information content (AvgIpc) is 3.33. The van der Waals surface area contributed by atoms with Crippen molar-refractivity contribution >= 4 is 32.6 Å². The molecule has 0 unspecified atom stereocenters. The number of hydrogen-bond acceptors (Lipinski definition) is 4. The third-order valence-corrected chi connectivity index (χ3v) is 7.69. The highest BCUT2D eigenvalue weighted by Gasteiger charge is 2.30. The smallest absolute Gasteiger partial charge is 0.289 e. The van der Waals surface area contributed by atoms with Gasteiger partial charge in [-0.15, -0.1) is 0 Å². The molecule has 164 valence electrons. The molecule has 6 nitrogen and oxygen atoms in total. The van der Waals surface area contributed by atoms with E-state index in [1.807, 2.05) is 45.9 Å². The second kappa shape index (κ2) is 7.71. The fraction of sp³-hybridized carbons (Fsp3) is 0.375. The van der Waals surface area contributed by atoms with Crippen LogP contribution in [0.1, 0.15) is 51.2 Å². The van der Waals surface area contributed by atoms with Gasteiger partial charge in [-0.05, 0) is 76.3 Å². The average molecular weight is 441 g/mol. The number of hydrogen-bond donors (Lipinski definition) is 1. The topological polar surface area (TPSA) is 79.6 Å². The molecule has 7 heteroatoms. The minimum atomic E-state index is -3.95. The lowest BCUT2D eigenvalue weighted by Gasteiger charge is -2.15. The number of amides is 1. The highest BCUT2D eigenvalue weighted by Crippen LogP contribution is 2.36. The van der Waals surface area contributed by atoms with Crippen LogP contribution in [0.5, 0.6) is 0 Å². The maximum Gasteiger partial charge on any atom is 0.289 e. The van der Waals surface area contributed by atoms with Crippen LogP contribution in [-0.2, 0) is 10.0 Å². The van der Waals surface area contributed by atoms with Crippen molar-refractivity contribution in [3.63, 3.8) is 0 Å². The molecule has 1 saturated heterocycles. The van der Waals surface area contributed by atoms with Gasteiger partial charge in [0.25, 0.3) is 15.9 Å². The summed E-state index contributed by atoms with van der Waals surface area (Å²) in [7, 11) is -3.95. The molecule has 2 heterocycles. The number of carbonyl (C=O) groups excluding carboxylic acids is 1. The van der Waals surface area contributed by atoms with Crippen LogP contribution in [0.3, 0.4) is 0 Å². The number of anilines is 1. The van der Waals surface area contributed by atoms with Gasteiger partial charge >= 0.3 is 0 Å². The van der Waals surface area contributed by atoms with E-state index in [-0.39, 0.29) is 22.1 Å². The molecule has 0 spiro atoms. The zero-order valence-corrected chi connectivity index (χ0v) is 19.4. The van der Waals surface area contributed by atoms with E-state index in [0.29, 0.717) is 35.3 Å². The van der Waals surface area contributed by atoms with Crippen molar-refractivity contribution in [3.05, 3.63) is 57.8 Å². The zero-order valence-electron chi connectivity index (χ0n) is 18.6. The molecule has 1 aliphatic rings. The lowest BCUT2D eigenvalue weighted by atomic mass is 10.0. The Kier molecular flexibility index (Phi) is 5.33. The largest absolute Gasteiger partial charge is 0.449 e. The van der Waals surface area contributed by atoms with Crippen molar-refractivity contribution in [1.29, 1.82) is 0 Å². The van der Waals surface area contributed by atoms with Crippen LogP contribution < -0.4 is 4.72 Å². The molecule has 1 aromatic heterocycles. The molecule has 2 aromatic carbocycles. The van der Waals surface area contributed by atoms with Crippen LogP contribution in [0.4, 0.5) is 5.69 Å². The van der Waals surface area contributed by atoms with Gasteiger partial charge in [0.05, 0.1) is 5.69 Å². The Morgan fingerprint density at radius 1 is 0.968 bits per heavy atom. The Morgan fingerprint density at radius 3 is 2.29 bits per heavy atom. The van der Waals surface area contributed by atoms with Gasteiger partial charge in [-0.3, -0.25) is 9.52 Å². The molecule has 1 N–H and O–H groups in total. The number of nitrogens with zero attached hydrogens (tertiary/aromatic N) is 1. The van der Waals surface area contributed by atoms with Crippen LogP contribution in [0.2, 0.25) is 0 Å². The minimum Gasteiger partial charge on any atom is -0.449 e. The van der Waals surface area contributed by atoms with E-state index < -0.39 is 10.0 Å². The molecule has 0 radical (unpaired) electrons. The predicted octanol–water partition coefficient (Wildman–Crippen LogP) is 5.01. The van der Waals surface area contributed by atoms with E-state index >= 15 is 0 Å². The second-order valence-electron chi connectivity index (χ2n) is 8.50. The number of benzene rings is 2. The maximum absolute atomic E-state index is 13.5. The summed E-state index contributed by atoms with van der Waals surface area (Å²) in [5.74, 6) is 0.0528. The molecule has 0 aliphatic carbocycles. The lowest BCUT2D eigenvalue weighted by molar-refractivity contribution is 0.0762. The Hall–Kier alpha value is -2.80. The van der Waals surface area contributed by atoms with Crippen molar-refractivity contribution in [2.75, 3.05) is 17.8 Å². The van der Waals surface area contributed by atoms with E-state index in [0.717, 1.165) is 29.5 Å². The van der Waals surface area contributed by atoms with Crippen molar-refractivity contribution in [2.45, 2.75) is 52.4 Å². The molecule has 0 bridgehead atoms. The van der Waals surface area contributed by atoms with Crippen molar-refractivity contribution in [2.24, 2.45) is 0 Å². The molecule has 0 atom stereocenters. The predicted molar refractivity (Wildman–Crippen MR) is 122 cm³/mol. The standard InChI is InChI=1S/C24H28N2O4S/c1-14-8-9-20(16(3)12-14)25-31(28,29)23-17(4)15(2)13-19-18(5)21(30-22(19)23)24(27)26-10-6-7-11-26/h8-9,12-13,25H,6-7,10-11H2,1-5H3. The van der Waals surface area contributed by atoms with Crippen LogP contribution in [-0.4, -0.2) is 32.3 Å². The van der Waals surface area contributed by atoms with Gasteiger partial charge in [0, 0.05) is 24.0 Å². The Balaban J connectivity index is 1.87. The highest BCUT2D eigenvalue weighted by atomic mass is 32.2. The summed E-state index contributed by atoms with van der Waals surface area (Å²) < 4.78 is 35.7. The number of sulfonamides is 1. The van der Waals surface area contributed by atoms with Crippen LogP contribution in [0.15, 0.2) is 33.6 Å². The zero-order chi connectivity index (χ0) is 22.5. The number of aryl methyl sites for hydroxylation is 4. The van der Waals surface area contributed by atoms with Gasteiger partial charge in [0.2, 0.25) is 0 Å². The molecule has 31 heavy (non-hydrogen) atoms. The fourth-order valence-corrected chi connectivity index (χ4v) is 5.84. The summed E-state index contributed by atoms with van der Waals surface area (Å²) in [5, 5.41) is 0.659. The monoisotopic (exact) mass is 440 g/mol. The molecule has 1 aliphatic heterocycles. The highest BCUT2D eigenvalue weighted by molar-refractivity contribution is 7.93.